The summed E-state index contributed by atoms with van der Waals surface area (Å²) in [6.07, 6.45) is 8.46. The van der Waals surface area contributed by atoms with Crippen LogP contribution in [0.1, 0.15) is 25.7 Å². The number of rotatable bonds is 3. The molecule has 2 aromatic rings. The maximum atomic E-state index is 13.2. The number of nitrogens with zero attached hydrogens (tertiary/aromatic N) is 2. The highest BCUT2D eigenvalue weighted by molar-refractivity contribution is 6.30. The average molecular weight is 280 g/mol. The van der Waals surface area contributed by atoms with Crippen LogP contribution in [-0.2, 0) is 0 Å². The van der Waals surface area contributed by atoms with E-state index in [-0.39, 0.29) is 5.02 Å². The minimum absolute atomic E-state index is 0.123. The SMILES string of the molecule is Fc1ccc(-n2ccnc2NC2CCCC2)cc1Cl. The fourth-order valence-electron chi connectivity index (χ4n) is 2.51. The van der Waals surface area contributed by atoms with Crippen LogP contribution in [0.25, 0.3) is 5.69 Å². The van der Waals surface area contributed by atoms with Crippen LogP contribution in [0.15, 0.2) is 30.6 Å². The van der Waals surface area contributed by atoms with Crippen molar-refractivity contribution < 1.29 is 4.39 Å². The summed E-state index contributed by atoms with van der Waals surface area (Å²) >= 11 is 5.82. The number of hydrogen-bond donors (Lipinski definition) is 1. The lowest BCUT2D eigenvalue weighted by Crippen LogP contribution is -2.17. The fourth-order valence-corrected chi connectivity index (χ4v) is 2.68. The summed E-state index contributed by atoms with van der Waals surface area (Å²) in [7, 11) is 0. The van der Waals surface area contributed by atoms with Gasteiger partial charge in [-0.1, -0.05) is 24.4 Å². The standard InChI is InChI=1S/C14H15ClFN3/c15-12-9-11(5-6-13(12)16)19-8-7-17-14(19)18-10-3-1-2-4-10/h5-10H,1-4H2,(H,17,18). The second-order valence-corrected chi connectivity index (χ2v) is 5.25. The maximum absolute atomic E-state index is 13.2. The first-order chi connectivity index (χ1) is 9.24. The smallest absolute Gasteiger partial charge is 0.207 e. The average Bonchev–Trinajstić information content (AvgIpc) is 3.05. The minimum Gasteiger partial charge on any atom is -0.353 e. The van der Waals surface area contributed by atoms with E-state index in [0.717, 1.165) is 11.6 Å². The molecule has 3 rings (SSSR count). The summed E-state index contributed by atoms with van der Waals surface area (Å²) in [4.78, 5) is 4.32. The molecule has 100 valence electrons. The van der Waals surface area contributed by atoms with Crippen LogP contribution >= 0.6 is 11.6 Å². The molecule has 19 heavy (non-hydrogen) atoms. The van der Waals surface area contributed by atoms with Gasteiger partial charge in [0.2, 0.25) is 5.95 Å². The molecule has 1 aliphatic carbocycles. The quantitative estimate of drug-likeness (QED) is 0.920. The predicted octanol–water partition coefficient (Wildman–Crippen LogP) is 4.02. The molecule has 0 amide bonds. The minimum atomic E-state index is -0.407. The molecule has 1 aromatic carbocycles. The molecular formula is C14H15ClFN3. The number of hydrogen-bond acceptors (Lipinski definition) is 2. The van der Waals surface area contributed by atoms with E-state index < -0.39 is 5.82 Å². The molecule has 3 nitrogen and oxygen atoms in total. The second-order valence-electron chi connectivity index (χ2n) is 4.84. The van der Waals surface area contributed by atoms with Crippen LogP contribution in [0.3, 0.4) is 0 Å². The molecule has 5 heteroatoms. The fraction of sp³-hybridized carbons (Fsp3) is 0.357. The van der Waals surface area contributed by atoms with Gasteiger partial charge >= 0.3 is 0 Å². The van der Waals surface area contributed by atoms with Crippen molar-refractivity contribution in [1.82, 2.24) is 9.55 Å². The Balaban J connectivity index is 1.87. The van der Waals surface area contributed by atoms with Crippen LogP contribution in [0.5, 0.6) is 0 Å². The molecule has 0 aliphatic heterocycles. The Labute approximate surface area is 116 Å². The van der Waals surface area contributed by atoms with E-state index in [1.54, 1.807) is 18.3 Å². The zero-order valence-electron chi connectivity index (χ0n) is 10.4. The zero-order chi connectivity index (χ0) is 13.2. The number of benzene rings is 1. The Morgan fingerprint density at radius 1 is 1.32 bits per heavy atom. The molecule has 0 spiro atoms. The van der Waals surface area contributed by atoms with Crippen LogP contribution in [0.4, 0.5) is 10.3 Å². The van der Waals surface area contributed by atoms with Gasteiger partial charge in [0.1, 0.15) is 5.82 Å². The topological polar surface area (TPSA) is 29.9 Å². The summed E-state index contributed by atoms with van der Waals surface area (Å²) in [5.41, 5.74) is 0.810. The molecule has 0 unspecified atom stereocenters. The Bertz CT molecular complexity index is 576. The first-order valence-corrected chi connectivity index (χ1v) is 6.87. The van der Waals surface area contributed by atoms with Crippen LogP contribution in [-0.4, -0.2) is 15.6 Å². The number of imidazole rings is 1. The van der Waals surface area contributed by atoms with Gasteiger partial charge in [-0.05, 0) is 31.0 Å². The van der Waals surface area contributed by atoms with Gasteiger partial charge in [0.25, 0.3) is 0 Å². The van der Waals surface area contributed by atoms with Gasteiger partial charge in [-0.3, -0.25) is 4.57 Å². The summed E-state index contributed by atoms with van der Waals surface area (Å²) in [6, 6.07) is 5.16. The summed E-state index contributed by atoms with van der Waals surface area (Å²) in [5, 5.41) is 3.56. The second kappa shape index (κ2) is 5.21. The number of halogens is 2. The van der Waals surface area contributed by atoms with Gasteiger partial charge in [0, 0.05) is 18.4 Å². The van der Waals surface area contributed by atoms with E-state index >= 15 is 0 Å². The largest absolute Gasteiger partial charge is 0.353 e. The van der Waals surface area contributed by atoms with Gasteiger partial charge in [0.05, 0.1) is 10.7 Å². The van der Waals surface area contributed by atoms with Crippen LogP contribution < -0.4 is 5.32 Å². The molecule has 0 bridgehead atoms. The van der Waals surface area contributed by atoms with Gasteiger partial charge in [-0.2, -0.15) is 0 Å². The number of anilines is 1. The highest BCUT2D eigenvalue weighted by Crippen LogP contribution is 2.24. The lowest BCUT2D eigenvalue weighted by Gasteiger charge is -2.15. The normalized spacial score (nSPS) is 15.9. The third-order valence-electron chi connectivity index (χ3n) is 3.51. The molecule has 0 atom stereocenters. The predicted molar refractivity (Wildman–Crippen MR) is 74.4 cm³/mol. The molecule has 0 radical (unpaired) electrons. The summed E-state index contributed by atoms with van der Waals surface area (Å²) in [6.45, 7) is 0. The van der Waals surface area contributed by atoms with E-state index in [2.05, 4.69) is 10.3 Å². The van der Waals surface area contributed by atoms with E-state index in [4.69, 9.17) is 11.6 Å². The van der Waals surface area contributed by atoms with Crippen LogP contribution in [0.2, 0.25) is 5.02 Å². The Kier molecular flexibility index (Phi) is 3.42. The van der Waals surface area contributed by atoms with Crippen molar-refractivity contribution in [2.24, 2.45) is 0 Å². The highest BCUT2D eigenvalue weighted by Gasteiger charge is 2.17. The Morgan fingerprint density at radius 3 is 2.84 bits per heavy atom. The molecule has 1 aliphatic rings. The zero-order valence-corrected chi connectivity index (χ0v) is 11.2. The van der Waals surface area contributed by atoms with E-state index in [1.807, 2.05) is 10.8 Å². The first kappa shape index (κ1) is 12.5. The molecule has 1 heterocycles. The first-order valence-electron chi connectivity index (χ1n) is 6.49. The monoisotopic (exact) mass is 279 g/mol. The molecule has 1 N–H and O–H groups in total. The third-order valence-corrected chi connectivity index (χ3v) is 3.80. The Hall–Kier alpha value is -1.55. The third kappa shape index (κ3) is 2.59. The molecule has 1 saturated carbocycles. The maximum Gasteiger partial charge on any atom is 0.207 e. The number of aromatic nitrogens is 2. The highest BCUT2D eigenvalue weighted by atomic mass is 35.5. The molecule has 1 fully saturated rings. The van der Waals surface area contributed by atoms with Gasteiger partial charge < -0.3 is 5.32 Å². The van der Waals surface area contributed by atoms with Crippen molar-refractivity contribution in [2.75, 3.05) is 5.32 Å². The van der Waals surface area contributed by atoms with Crippen molar-refractivity contribution in [2.45, 2.75) is 31.7 Å². The molecule has 1 aromatic heterocycles. The van der Waals surface area contributed by atoms with E-state index in [9.17, 15) is 4.39 Å². The van der Waals surface area contributed by atoms with E-state index in [1.165, 1.54) is 31.7 Å². The van der Waals surface area contributed by atoms with Crippen molar-refractivity contribution in [1.29, 1.82) is 0 Å². The van der Waals surface area contributed by atoms with Crippen molar-refractivity contribution in [3.05, 3.63) is 41.4 Å². The molecule has 0 saturated heterocycles. The van der Waals surface area contributed by atoms with Crippen LogP contribution in [0, 0.1) is 5.82 Å². The van der Waals surface area contributed by atoms with Crippen molar-refractivity contribution in [3.8, 4) is 5.69 Å². The van der Waals surface area contributed by atoms with Gasteiger partial charge in [0.15, 0.2) is 0 Å². The van der Waals surface area contributed by atoms with Crippen molar-refractivity contribution in [3.63, 3.8) is 0 Å². The number of nitrogens with one attached hydrogen (secondary N) is 1. The Morgan fingerprint density at radius 2 is 2.11 bits per heavy atom. The lowest BCUT2D eigenvalue weighted by atomic mass is 10.2. The van der Waals surface area contributed by atoms with Crippen molar-refractivity contribution >= 4 is 17.5 Å². The van der Waals surface area contributed by atoms with Gasteiger partial charge in [-0.15, -0.1) is 0 Å². The van der Waals surface area contributed by atoms with Gasteiger partial charge in [-0.25, -0.2) is 9.37 Å². The summed E-state index contributed by atoms with van der Waals surface area (Å²) < 4.78 is 15.1. The lowest BCUT2D eigenvalue weighted by molar-refractivity contribution is 0.628. The van der Waals surface area contributed by atoms with E-state index in [0.29, 0.717) is 6.04 Å². The summed E-state index contributed by atoms with van der Waals surface area (Å²) in [5.74, 6) is 0.380. The molecular weight excluding hydrogens is 265 g/mol.